The van der Waals surface area contributed by atoms with Crippen molar-refractivity contribution in [1.82, 2.24) is 15.3 Å². The Balaban J connectivity index is 2.03. The summed E-state index contributed by atoms with van der Waals surface area (Å²) in [4.78, 5) is 10.7. The van der Waals surface area contributed by atoms with E-state index in [1.54, 1.807) is 6.33 Å². The number of nitrogens with one attached hydrogen (secondary N) is 1. The van der Waals surface area contributed by atoms with E-state index in [1.807, 2.05) is 6.20 Å². The number of anilines is 1. The number of piperidine rings is 1. The van der Waals surface area contributed by atoms with E-state index < -0.39 is 0 Å². The van der Waals surface area contributed by atoms with Crippen molar-refractivity contribution < 1.29 is 0 Å². The molecule has 0 bridgehead atoms. The lowest BCUT2D eigenvalue weighted by molar-refractivity contribution is 0.374. The maximum atomic E-state index is 4.37. The van der Waals surface area contributed by atoms with Gasteiger partial charge in [-0.05, 0) is 54.7 Å². The van der Waals surface area contributed by atoms with Crippen LogP contribution in [0.25, 0.3) is 0 Å². The molecule has 1 fully saturated rings. The first-order chi connectivity index (χ1) is 8.31. The molecule has 1 aromatic heterocycles. The van der Waals surface area contributed by atoms with Gasteiger partial charge in [0, 0.05) is 19.3 Å². The number of aromatic nitrogens is 2. The molecule has 0 aromatic carbocycles. The molecule has 1 N–H and O–H groups in total. The Morgan fingerprint density at radius 2 is 2.24 bits per heavy atom. The van der Waals surface area contributed by atoms with E-state index in [2.05, 4.69) is 43.0 Å². The zero-order valence-corrected chi connectivity index (χ0v) is 11.8. The van der Waals surface area contributed by atoms with Crippen molar-refractivity contribution in [3.8, 4) is 0 Å². The van der Waals surface area contributed by atoms with Gasteiger partial charge in [0.1, 0.15) is 12.1 Å². The fourth-order valence-corrected chi connectivity index (χ4v) is 2.75. The minimum Gasteiger partial charge on any atom is -0.356 e. The molecule has 5 heteroatoms. The zero-order valence-electron chi connectivity index (χ0n) is 10.2. The molecule has 0 saturated carbocycles. The normalized spacial score (nSPS) is 17.1. The van der Waals surface area contributed by atoms with E-state index in [-0.39, 0.29) is 0 Å². The van der Waals surface area contributed by atoms with E-state index in [4.69, 9.17) is 0 Å². The number of nitrogens with zero attached hydrogens (tertiary/aromatic N) is 3. The van der Waals surface area contributed by atoms with Crippen LogP contribution in [0.15, 0.2) is 17.0 Å². The molecular formula is C12H19BrN4. The Hall–Kier alpha value is -0.680. The lowest BCUT2D eigenvalue weighted by Crippen LogP contribution is -2.36. The largest absolute Gasteiger partial charge is 0.356 e. The molecule has 2 heterocycles. The fraction of sp³-hybridized carbons (Fsp3) is 0.667. The molecule has 0 unspecified atom stereocenters. The second-order valence-electron chi connectivity index (χ2n) is 4.43. The molecule has 0 atom stereocenters. The molecule has 0 aliphatic carbocycles. The Bertz CT molecular complexity index is 352. The van der Waals surface area contributed by atoms with Gasteiger partial charge in [0.25, 0.3) is 0 Å². The fourth-order valence-electron chi connectivity index (χ4n) is 2.28. The number of hydrogen-bond acceptors (Lipinski definition) is 4. The zero-order chi connectivity index (χ0) is 12.1. The third kappa shape index (κ3) is 3.39. The van der Waals surface area contributed by atoms with Gasteiger partial charge in [-0.1, -0.05) is 0 Å². The van der Waals surface area contributed by atoms with Gasteiger partial charge < -0.3 is 10.2 Å². The van der Waals surface area contributed by atoms with Gasteiger partial charge in [-0.2, -0.15) is 0 Å². The summed E-state index contributed by atoms with van der Waals surface area (Å²) in [5.41, 5.74) is 0. The quantitative estimate of drug-likeness (QED) is 0.924. The molecule has 1 aliphatic heterocycles. The highest BCUT2D eigenvalue weighted by molar-refractivity contribution is 9.10. The second kappa shape index (κ2) is 6.31. The van der Waals surface area contributed by atoms with Crippen LogP contribution in [0.3, 0.4) is 0 Å². The maximum absolute atomic E-state index is 4.37. The predicted molar refractivity (Wildman–Crippen MR) is 73.2 cm³/mol. The molecule has 0 radical (unpaired) electrons. The average molecular weight is 299 g/mol. The molecule has 0 spiro atoms. The summed E-state index contributed by atoms with van der Waals surface area (Å²) < 4.78 is 0.982. The Morgan fingerprint density at radius 3 is 2.88 bits per heavy atom. The standard InChI is InChI=1S/C12H19BrN4/c1-2-17(8-10-3-5-14-6-4-10)12-11(13)7-15-9-16-12/h7,9-10,14H,2-6,8H2,1H3. The van der Waals surface area contributed by atoms with E-state index in [0.29, 0.717) is 0 Å². The molecule has 0 amide bonds. The summed E-state index contributed by atoms with van der Waals surface area (Å²) in [7, 11) is 0. The van der Waals surface area contributed by atoms with Gasteiger partial charge in [0.15, 0.2) is 0 Å². The van der Waals surface area contributed by atoms with Crippen molar-refractivity contribution >= 4 is 21.7 Å². The summed E-state index contributed by atoms with van der Waals surface area (Å²) in [6, 6.07) is 0. The third-order valence-corrected chi connectivity index (χ3v) is 3.83. The van der Waals surface area contributed by atoms with Gasteiger partial charge >= 0.3 is 0 Å². The molecule has 2 rings (SSSR count). The Labute approximate surface area is 111 Å². The molecule has 4 nitrogen and oxygen atoms in total. The summed E-state index contributed by atoms with van der Waals surface area (Å²) in [6.07, 6.45) is 5.96. The highest BCUT2D eigenvalue weighted by Gasteiger charge is 2.18. The number of rotatable bonds is 4. The molecule has 94 valence electrons. The smallest absolute Gasteiger partial charge is 0.146 e. The van der Waals surface area contributed by atoms with Crippen LogP contribution in [0.5, 0.6) is 0 Å². The third-order valence-electron chi connectivity index (χ3n) is 3.27. The van der Waals surface area contributed by atoms with Gasteiger partial charge in [-0.25, -0.2) is 9.97 Å². The lowest BCUT2D eigenvalue weighted by atomic mass is 9.97. The van der Waals surface area contributed by atoms with Crippen LogP contribution in [-0.2, 0) is 0 Å². The molecule has 1 aliphatic rings. The van der Waals surface area contributed by atoms with Crippen LogP contribution in [0.1, 0.15) is 19.8 Å². The van der Waals surface area contributed by atoms with Crippen molar-refractivity contribution in [2.45, 2.75) is 19.8 Å². The summed E-state index contributed by atoms with van der Waals surface area (Å²) >= 11 is 3.52. The van der Waals surface area contributed by atoms with Crippen LogP contribution in [-0.4, -0.2) is 36.1 Å². The minimum atomic E-state index is 0.776. The van der Waals surface area contributed by atoms with Gasteiger partial charge in [-0.15, -0.1) is 0 Å². The van der Waals surface area contributed by atoms with E-state index in [9.17, 15) is 0 Å². The van der Waals surface area contributed by atoms with Crippen LogP contribution >= 0.6 is 15.9 Å². The topological polar surface area (TPSA) is 41.0 Å². The van der Waals surface area contributed by atoms with Gasteiger partial charge in [0.05, 0.1) is 4.47 Å². The summed E-state index contributed by atoms with van der Waals surface area (Å²) in [5.74, 6) is 1.79. The number of halogens is 1. The average Bonchev–Trinajstić information content (AvgIpc) is 2.38. The SMILES string of the molecule is CCN(CC1CCNCC1)c1ncncc1Br. The van der Waals surface area contributed by atoms with Crippen molar-refractivity contribution in [3.05, 3.63) is 17.0 Å². The first kappa shape index (κ1) is 12.8. The van der Waals surface area contributed by atoms with Crippen LogP contribution in [0.4, 0.5) is 5.82 Å². The predicted octanol–water partition coefficient (Wildman–Crippen LogP) is 2.06. The Morgan fingerprint density at radius 1 is 1.47 bits per heavy atom. The van der Waals surface area contributed by atoms with Crippen LogP contribution < -0.4 is 10.2 Å². The van der Waals surface area contributed by atoms with E-state index in [1.165, 1.54) is 12.8 Å². The maximum Gasteiger partial charge on any atom is 0.146 e. The highest BCUT2D eigenvalue weighted by Crippen LogP contribution is 2.24. The summed E-state index contributed by atoms with van der Waals surface area (Å²) in [6.45, 7) is 6.54. The van der Waals surface area contributed by atoms with E-state index in [0.717, 1.165) is 42.4 Å². The highest BCUT2D eigenvalue weighted by atomic mass is 79.9. The number of hydrogen-bond donors (Lipinski definition) is 1. The molecule has 1 aromatic rings. The molecule has 17 heavy (non-hydrogen) atoms. The molecular weight excluding hydrogens is 280 g/mol. The van der Waals surface area contributed by atoms with Crippen molar-refractivity contribution in [2.75, 3.05) is 31.1 Å². The van der Waals surface area contributed by atoms with Crippen molar-refractivity contribution in [1.29, 1.82) is 0 Å². The first-order valence-electron chi connectivity index (χ1n) is 6.22. The van der Waals surface area contributed by atoms with Crippen LogP contribution in [0, 0.1) is 5.92 Å². The minimum absolute atomic E-state index is 0.776. The van der Waals surface area contributed by atoms with Gasteiger partial charge in [0.2, 0.25) is 0 Å². The second-order valence-corrected chi connectivity index (χ2v) is 5.28. The summed E-state index contributed by atoms with van der Waals surface area (Å²) in [5, 5.41) is 3.40. The Kier molecular flexibility index (Phi) is 4.74. The van der Waals surface area contributed by atoms with Gasteiger partial charge in [-0.3, -0.25) is 0 Å². The first-order valence-corrected chi connectivity index (χ1v) is 7.01. The lowest BCUT2D eigenvalue weighted by Gasteiger charge is -2.30. The van der Waals surface area contributed by atoms with Crippen LogP contribution in [0.2, 0.25) is 0 Å². The van der Waals surface area contributed by atoms with Crippen molar-refractivity contribution in [2.24, 2.45) is 5.92 Å². The van der Waals surface area contributed by atoms with Crippen molar-refractivity contribution in [3.63, 3.8) is 0 Å². The monoisotopic (exact) mass is 298 g/mol. The van der Waals surface area contributed by atoms with E-state index >= 15 is 0 Å². The molecule has 1 saturated heterocycles.